The fraction of sp³-hybridized carbons (Fsp3) is 0.105. The Bertz CT molecular complexity index is 968. The van der Waals surface area contributed by atoms with Crippen molar-refractivity contribution in [2.24, 2.45) is 5.92 Å². The number of carbonyl (C=O) groups is 3. The molecule has 0 aliphatic carbocycles. The summed E-state index contributed by atoms with van der Waals surface area (Å²) in [5, 5.41) is 0.825. The summed E-state index contributed by atoms with van der Waals surface area (Å²) in [4.78, 5) is 35.7. The molecule has 0 N–H and O–H groups in total. The van der Waals surface area contributed by atoms with Crippen LogP contribution in [-0.4, -0.2) is 17.5 Å². The van der Waals surface area contributed by atoms with Crippen LogP contribution in [0.1, 0.15) is 12.7 Å². The second-order valence-electron chi connectivity index (χ2n) is 5.58. The van der Waals surface area contributed by atoms with Crippen LogP contribution in [-0.2, 0) is 19.1 Å². The highest BCUT2D eigenvalue weighted by Gasteiger charge is 2.36. The summed E-state index contributed by atoms with van der Waals surface area (Å²) in [6.07, 6.45) is 3.64. The molecule has 1 unspecified atom stereocenters. The van der Waals surface area contributed by atoms with Crippen LogP contribution in [0.15, 0.2) is 52.7 Å². The summed E-state index contributed by atoms with van der Waals surface area (Å²) in [5.74, 6) is -2.53. The molecule has 0 saturated heterocycles. The van der Waals surface area contributed by atoms with Crippen LogP contribution >= 0.6 is 23.2 Å². The molecule has 2 heterocycles. The summed E-state index contributed by atoms with van der Waals surface area (Å²) in [5.41, 5.74) is 0.719. The summed E-state index contributed by atoms with van der Waals surface area (Å²) in [6.45, 7) is 1.47. The minimum atomic E-state index is -1.47. The van der Waals surface area contributed by atoms with Crippen LogP contribution in [0.3, 0.4) is 0 Å². The number of cyclic esters (lactones) is 1. The van der Waals surface area contributed by atoms with E-state index in [-0.39, 0.29) is 5.76 Å². The smallest absolute Gasteiger partial charge is 0.329 e. The van der Waals surface area contributed by atoms with Gasteiger partial charge in [-0.15, -0.1) is 0 Å². The number of furan rings is 1. The minimum Gasteiger partial charge on any atom is -0.457 e. The first-order valence-electron chi connectivity index (χ1n) is 7.56. The van der Waals surface area contributed by atoms with Crippen LogP contribution in [0.2, 0.25) is 10.0 Å². The van der Waals surface area contributed by atoms with Crippen LogP contribution in [0.5, 0.6) is 0 Å². The molecule has 26 heavy (non-hydrogen) atoms. The number of ketones is 2. The SMILES string of the molecule is CC1=CC(=O)C(C(=O)/C=C/c2ccc(-c3ccc(Cl)c(Cl)c3)o2)C(=O)O1. The molecule has 0 bridgehead atoms. The van der Waals surface area contributed by atoms with Crippen molar-refractivity contribution in [2.75, 3.05) is 0 Å². The Kier molecular flexibility index (Phi) is 5.11. The molecule has 1 atom stereocenters. The van der Waals surface area contributed by atoms with Gasteiger partial charge in [0.2, 0.25) is 0 Å². The van der Waals surface area contributed by atoms with E-state index in [0.29, 0.717) is 21.6 Å². The second-order valence-corrected chi connectivity index (χ2v) is 6.39. The van der Waals surface area contributed by atoms with Gasteiger partial charge in [0, 0.05) is 11.6 Å². The Labute approximate surface area is 158 Å². The van der Waals surface area contributed by atoms with Gasteiger partial charge < -0.3 is 9.15 Å². The highest BCUT2D eigenvalue weighted by atomic mass is 35.5. The third kappa shape index (κ3) is 3.79. The first-order chi connectivity index (χ1) is 12.3. The van der Waals surface area contributed by atoms with Gasteiger partial charge in [0.05, 0.1) is 10.0 Å². The zero-order chi connectivity index (χ0) is 18.8. The van der Waals surface area contributed by atoms with E-state index in [1.165, 1.54) is 13.0 Å². The molecule has 0 spiro atoms. The number of rotatable bonds is 4. The van der Waals surface area contributed by atoms with E-state index in [2.05, 4.69) is 0 Å². The highest BCUT2D eigenvalue weighted by Crippen LogP contribution is 2.30. The first kappa shape index (κ1) is 18.2. The molecule has 7 heteroatoms. The van der Waals surface area contributed by atoms with Gasteiger partial charge in [0.15, 0.2) is 17.5 Å². The average molecular weight is 391 g/mol. The largest absolute Gasteiger partial charge is 0.457 e. The third-order valence-corrected chi connectivity index (χ3v) is 4.39. The lowest BCUT2D eigenvalue weighted by atomic mass is 9.96. The first-order valence-corrected chi connectivity index (χ1v) is 8.32. The van der Waals surface area contributed by atoms with E-state index in [1.54, 1.807) is 30.3 Å². The van der Waals surface area contributed by atoms with E-state index >= 15 is 0 Å². The van der Waals surface area contributed by atoms with Crippen molar-refractivity contribution in [2.45, 2.75) is 6.92 Å². The van der Waals surface area contributed by atoms with Crippen molar-refractivity contribution >= 4 is 46.8 Å². The average Bonchev–Trinajstić information content (AvgIpc) is 3.03. The van der Waals surface area contributed by atoms with Crippen molar-refractivity contribution < 1.29 is 23.5 Å². The van der Waals surface area contributed by atoms with Crippen molar-refractivity contribution in [1.82, 2.24) is 0 Å². The Morgan fingerprint density at radius 1 is 1.12 bits per heavy atom. The molecular formula is C19H12Cl2O5. The minimum absolute atomic E-state index is 0.172. The topological polar surface area (TPSA) is 73.6 Å². The molecule has 5 nitrogen and oxygen atoms in total. The van der Waals surface area contributed by atoms with Gasteiger partial charge in [-0.25, -0.2) is 0 Å². The highest BCUT2D eigenvalue weighted by molar-refractivity contribution is 6.42. The van der Waals surface area contributed by atoms with E-state index in [1.807, 2.05) is 0 Å². The predicted octanol–water partition coefficient (Wildman–Crippen LogP) is 4.48. The van der Waals surface area contributed by atoms with Crippen LogP contribution < -0.4 is 0 Å². The van der Waals surface area contributed by atoms with Crippen molar-refractivity contribution in [1.29, 1.82) is 0 Å². The Hall–Kier alpha value is -2.63. The number of benzene rings is 1. The molecular weight excluding hydrogens is 379 g/mol. The fourth-order valence-electron chi connectivity index (χ4n) is 2.41. The summed E-state index contributed by atoms with van der Waals surface area (Å²) in [6, 6.07) is 8.41. The molecule has 0 radical (unpaired) electrons. The van der Waals surface area contributed by atoms with Crippen molar-refractivity contribution in [3.8, 4) is 11.3 Å². The number of hydrogen-bond donors (Lipinski definition) is 0. The van der Waals surface area contributed by atoms with Crippen molar-refractivity contribution in [3.05, 3.63) is 64.0 Å². The van der Waals surface area contributed by atoms with Gasteiger partial charge >= 0.3 is 5.97 Å². The van der Waals surface area contributed by atoms with Gasteiger partial charge in [-0.3, -0.25) is 14.4 Å². The number of halogens is 2. The maximum Gasteiger partial charge on any atom is 0.329 e. The zero-order valence-electron chi connectivity index (χ0n) is 13.5. The molecule has 1 aromatic carbocycles. The molecule has 1 aliphatic heterocycles. The van der Waals surface area contributed by atoms with Gasteiger partial charge in [0.25, 0.3) is 0 Å². The Balaban J connectivity index is 1.76. The normalized spacial score (nSPS) is 17.3. The number of esters is 1. The quantitative estimate of drug-likeness (QED) is 0.437. The maximum atomic E-state index is 12.1. The molecule has 1 aliphatic rings. The van der Waals surface area contributed by atoms with Crippen LogP contribution in [0.25, 0.3) is 17.4 Å². The Morgan fingerprint density at radius 3 is 2.58 bits per heavy atom. The van der Waals surface area contributed by atoms with Gasteiger partial charge in [-0.2, -0.15) is 0 Å². The lowest BCUT2D eigenvalue weighted by Crippen LogP contribution is -2.34. The maximum absolute atomic E-state index is 12.1. The number of carbonyl (C=O) groups excluding carboxylic acids is 3. The summed E-state index contributed by atoms with van der Waals surface area (Å²) < 4.78 is 10.4. The summed E-state index contributed by atoms with van der Waals surface area (Å²) in [7, 11) is 0. The monoisotopic (exact) mass is 390 g/mol. The van der Waals surface area contributed by atoms with E-state index < -0.39 is 23.5 Å². The lowest BCUT2D eigenvalue weighted by Gasteiger charge is -2.15. The zero-order valence-corrected chi connectivity index (χ0v) is 15.0. The van der Waals surface area contributed by atoms with Gasteiger partial charge in [-0.05, 0) is 49.4 Å². The van der Waals surface area contributed by atoms with Crippen molar-refractivity contribution in [3.63, 3.8) is 0 Å². The molecule has 0 saturated carbocycles. The third-order valence-electron chi connectivity index (χ3n) is 3.65. The molecule has 3 rings (SSSR count). The number of ether oxygens (including phenoxy) is 1. The molecule has 1 aromatic heterocycles. The van der Waals surface area contributed by atoms with E-state index in [0.717, 1.165) is 17.7 Å². The Morgan fingerprint density at radius 2 is 1.88 bits per heavy atom. The number of allylic oxidation sites excluding steroid dienone is 3. The standard InChI is InChI=1S/C19H12Cl2O5/c1-10-8-16(23)18(19(24)25-10)15(22)6-3-12-4-7-17(26-12)11-2-5-13(20)14(21)9-11/h2-9,18H,1H3/b6-3+. The second kappa shape index (κ2) is 7.32. The molecule has 2 aromatic rings. The van der Waals surface area contributed by atoms with Gasteiger partial charge in [-0.1, -0.05) is 23.2 Å². The molecule has 132 valence electrons. The fourth-order valence-corrected chi connectivity index (χ4v) is 2.71. The summed E-state index contributed by atoms with van der Waals surface area (Å²) >= 11 is 11.9. The molecule has 0 amide bonds. The van der Waals surface area contributed by atoms with Crippen LogP contribution in [0, 0.1) is 5.92 Å². The van der Waals surface area contributed by atoms with Gasteiger partial charge in [0.1, 0.15) is 17.3 Å². The predicted molar refractivity (Wildman–Crippen MR) is 96.6 cm³/mol. The van der Waals surface area contributed by atoms with E-state index in [9.17, 15) is 14.4 Å². The van der Waals surface area contributed by atoms with E-state index in [4.69, 9.17) is 32.4 Å². The number of hydrogen-bond acceptors (Lipinski definition) is 5. The van der Waals surface area contributed by atoms with Crippen LogP contribution in [0.4, 0.5) is 0 Å². The molecule has 0 fully saturated rings. The lowest BCUT2D eigenvalue weighted by molar-refractivity contribution is -0.151.